The lowest BCUT2D eigenvalue weighted by molar-refractivity contribution is -0.928. The van der Waals surface area contributed by atoms with Crippen molar-refractivity contribution in [3.8, 4) is 0 Å². The molecule has 4 rings (SSSR count). The first-order valence-electron chi connectivity index (χ1n) is 11.0. The van der Waals surface area contributed by atoms with Crippen molar-refractivity contribution in [3.05, 3.63) is 51.6 Å². The molecule has 1 fully saturated rings. The molecule has 8 nitrogen and oxygen atoms in total. The Labute approximate surface area is 175 Å². The molecule has 0 radical (unpaired) electrons. The molecule has 160 valence electrons. The Bertz CT molecular complexity index is 1040. The number of fused-ring (bicyclic) bond motifs is 1. The molecule has 0 bridgehead atoms. The molecule has 2 heterocycles. The van der Waals surface area contributed by atoms with Crippen molar-refractivity contribution in [1.29, 1.82) is 0 Å². The third-order valence-corrected chi connectivity index (χ3v) is 6.18. The maximum absolute atomic E-state index is 12.7. The summed E-state index contributed by atoms with van der Waals surface area (Å²) < 4.78 is 1.99. The average Bonchev–Trinajstić information content (AvgIpc) is 3.22. The standard InChI is InChI=1S/C22H30N6O2/c1-16-7-5-8-17-13-18(22(30)23-21(16)17)14-27(11-6-12-29)15-20-24-25-26-28(20)19-9-3-2-4-10-19/h5,7-8,13,19,29H,2-4,6,9-12,14-15H2,1H3,(H,23,30)/p+1. The van der Waals surface area contributed by atoms with E-state index in [1.54, 1.807) is 0 Å². The summed E-state index contributed by atoms with van der Waals surface area (Å²) in [6, 6.07) is 8.40. The summed E-state index contributed by atoms with van der Waals surface area (Å²) >= 11 is 0. The van der Waals surface area contributed by atoms with E-state index in [-0.39, 0.29) is 12.2 Å². The number of aromatic nitrogens is 5. The number of hydrogen-bond acceptors (Lipinski definition) is 5. The number of pyridine rings is 1. The number of rotatable bonds is 8. The van der Waals surface area contributed by atoms with Gasteiger partial charge >= 0.3 is 0 Å². The van der Waals surface area contributed by atoms with Crippen molar-refractivity contribution in [1.82, 2.24) is 25.2 Å². The highest BCUT2D eigenvalue weighted by atomic mass is 16.3. The van der Waals surface area contributed by atoms with Gasteiger partial charge in [0.2, 0.25) is 5.82 Å². The van der Waals surface area contributed by atoms with Gasteiger partial charge in [0.25, 0.3) is 5.56 Å². The first kappa shape index (κ1) is 20.7. The SMILES string of the molecule is Cc1cccc2cc(C[NH+](CCCO)Cc3nnnn3C3CCCCC3)c(=O)[nH]c12. The van der Waals surface area contributed by atoms with E-state index in [4.69, 9.17) is 0 Å². The zero-order valence-electron chi connectivity index (χ0n) is 17.6. The molecular weight excluding hydrogens is 380 g/mol. The summed E-state index contributed by atoms with van der Waals surface area (Å²) in [5.74, 6) is 0.864. The Balaban J connectivity index is 1.57. The maximum atomic E-state index is 12.7. The van der Waals surface area contributed by atoms with Crippen LogP contribution in [-0.4, -0.2) is 43.4 Å². The predicted octanol–water partition coefficient (Wildman–Crippen LogP) is 1.30. The van der Waals surface area contributed by atoms with Crippen molar-refractivity contribution in [2.75, 3.05) is 13.2 Å². The van der Waals surface area contributed by atoms with Crippen LogP contribution < -0.4 is 10.5 Å². The zero-order chi connectivity index (χ0) is 20.9. The van der Waals surface area contributed by atoms with Crippen LogP contribution in [0.3, 0.4) is 0 Å². The summed E-state index contributed by atoms with van der Waals surface area (Å²) in [5.41, 5.74) is 2.65. The first-order valence-corrected chi connectivity index (χ1v) is 11.0. The fourth-order valence-corrected chi connectivity index (χ4v) is 4.56. The number of para-hydroxylation sites is 1. The third-order valence-electron chi connectivity index (χ3n) is 6.18. The molecule has 8 heteroatoms. The molecule has 0 aliphatic heterocycles. The monoisotopic (exact) mass is 411 g/mol. The zero-order valence-corrected chi connectivity index (χ0v) is 17.6. The molecule has 3 aromatic rings. The highest BCUT2D eigenvalue weighted by molar-refractivity contribution is 5.81. The molecule has 0 amide bonds. The van der Waals surface area contributed by atoms with Gasteiger partial charge in [-0.25, -0.2) is 4.68 Å². The number of quaternary nitrogens is 1. The van der Waals surface area contributed by atoms with E-state index in [0.717, 1.165) is 47.2 Å². The number of aliphatic hydroxyl groups excluding tert-OH is 1. The summed E-state index contributed by atoms with van der Waals surface area (Å²) in [6.07, 6.45) is 6.63. The van der Waals surface area contributed by atoms with Crippen LogP contribution in [0.2, 0.25) is 0 Å². The van der Waals surface area contributed by atoms with E-state index in [0.29, 0.717) is 25.6 Å². The van der Waals surface area contributed by atoms with Crippen molar-refractivity contribution in [2.24, 2.45) is 0 Å². The molecule has 1 aliphatic carbocycles. The van der Waals surface area contributed by atoms with Crippen LogP contribution in [0.1, 0.15) is 61.5 Å². The summed E-state index contributed by atoms with van der Waals surface area (Å²) in [5, 5.41) is 22.9. The molecular formula is C22H31N6O2+. The minimum atomic E-state index is -0.0508. The van der Waals surface area contributed by atoms with Gasteiger partial charge in [-0.15, -0.1) is 5.10 Å². The predicted molar refractivity (Wildman–Crippen MR) is 114 cm³/mol. The number of nitrogens with zero attached hydrogens (tertiary/aromatic N) is 4. The van der Waals surface area contributed by atoms with Crippen LogP contribution in [0.25, 0.3) is 10.9 Å². The fraction of sp³-hybridized carbons (Fsp3) is 0.545. The van der Waals surface area contributed by atoms with Crippen LogP contribution in [0.15, 0.2) is 29.1 Å². The number of aromatic amines is 1. The Hall–Kier alpha value is -2.58. The van der Waals surface area contributed by atoms with E-state index >= 15 is 0 Å². The lowest BCUT2D eigenvalue weighted by Crippen LogP contribution is -3.09. The molecule has 1 aliphatic rings. The van der Waals surface area contributed by atoms with Crippen LogP contribution in [0, 0.1) is 6.92 Å². The Morgan fingerprint density at radius 1 is 1.23 bits per heavy atom. The molecule has 1 aromatic carbocycles. The molecule has 0 spiro atoms. The molecule has 3 N–H and O–H groups in total. The van der Waals surface area contributed by atoms with Crippen molar-refractivity contribution >= 4 is 10.9 Å². The van der Waals surface area contributed by atoms with Crippen LogP contribution in [0.4, 0.5) is 0 Å². The normalized spacial score (nSPS) is 16.2. The molecule has 1 saturated carbocycles. The van der Waals surface area contributed by atoms with Crippen LogP contribution in [0.5, 0.6) is 0 Å². The Morgan fingerprint density at radius 3 is 2.87 bits per heavy atom. The largest absolute Gasteiger partial charge is 0.396 e. The minimum absolute atomic E-state index is 0.0508. The number of H-pyrrole nitrogens is 1. The second-order valence-corrected chi connectivity index (χ2v) is 8.43. The van der Waals surface area contributed by atoms with Gasteiger partial charge in [-0.2, -0.15) is 0 Å². The van der Waals surface area contributed by atoms with Gasteiger partial charge in [0.15, 0.2) is 0 Å². The third kappa shape index (κ3) is 4.60. The van der Waals surface area contributed by atoms with E-state index in [9.17, 15) is 9.90 Å². The van der Waals surface area contributed by atoms with E-state index in [2.05, 4.69) is 20.5 Å². The van der Waals surface area contributed by atoms with Crippen LogP contribution >= 0.6 is 0 Å². The number of benzene rings is 1. The quantitative estimate of drug-likeness (QED) is 0.519. The topological polar surface area (TPSA) is 101 Å². The van der Waals surface area contributed by atoms with Gasteiger partial charge in [0.05, 0.1) is 23.7 Å². The minimum Gasteiger partial charge on any atom is -0.396 e. The lowest BCUT2D eigenvalue weighted by Gasteiger charge is -2.24. The summed E-state index contributed by atoms with van der Waals surface area (Å²) in [7, 11) is 0. The summed E-state index contributed by atoms with van der Waals surface area (Å²) in [4.78, 5) is 17.0. The van der Waals surface area contributed by atoms with Gasteiger partial charge in [0.1, 0.15) is 13.1 Å². The molecule has 0 saturated heterocycles. The van der Waals surface area contributed by atoms with Gasteiger partial charge < -0.3 is 15.0 Å². The van der Waals surface area contributed by atoms with Crippen LogP contribution in [-0.2, 0) is 13.1 Å². The van der Waals surface area contributed by atoms with E-state index in [1.807, 2.05) is 35.9 Å². The number of aliphatic hydroxyl groups is 1. The Morgan fingerprint density at radius 2 is 2.07 bits per heavy atom. The number of aryl methyl sites for hydroxylation is 1. The van der Waals surface area contributed by atoms with E-state index in [1.165, 1.54) is 24.2 Å². The average molecular weight is 412 g/mol. The molecule has 1 atom stereocenters. The first-order chi connectivity index (χ1) is 14.7. The lowest BCUT2D eigenvalue weighted by atomic mass is 9.95. The second-order valence-electron chi connectivity index (χ2n) is 8.43. The molecule has 1 unspecified atom stereocenters. The highest BCUT2D eigenvalue weighted by Gasteiger charge is 2.23. The number of tetrazole rings is 1. The van der Waals surface area contributed by atoms with Crippen molar-refractivity contribution < 1.29 is 10.0 Å². The molecule has 2 aromatic heterocycles. The maximum Gasteiger partial charge on any atom is 0.257 e. The number of hydrogen-bond donors (Lipinski definition) is 3. The van der Waals surface area contributed by atoms with Gasteiger partial charge in [-0.3, -0.25) is 4.79 Å². The van der Waals surface area contributed by atoms with Crippen molar-refractivity contribution in [2.45, 2.75) is 64.6 Å². The van der Waals surface area contributed by atoms with Gasteiger partial charge in [-0.05, 0) is 47.2 Å². The highest BCUT2D eigenvalue weighted by Crippen LogP contribution is 2.27. The van der Waals surface area contributed by atoms with Gasteiger partial charge in [-0.1, -0.05) is 37.5 Å². The number of nitrogens with one attached hydrogen (secondary N) is 2. The smallest absolute Gasteiger partial charge is 0.257 e. The Kier molecular flexibility index (Phi) is 6.54. The van der Waals surface area contributed by atoms with E-state index < -0.39 is 0 Å². The van der Waals surface area contributed by atoms with Crippen molar-refractivity contribution in [3.63, 3.8) is 0 Å². The van der Waals surface area contributed by atoms with Gasteiger partial charge in [0, 0.05) is 13.0 Å². The summed E-state index contributed by atoms with van der Waals surface area (Å²) in [6.45, 7) is 4.08. The fourth-order valence-electron chi connectivity index (χ4n) is 4.56. The second kappa shape index (κ2) is 9.49. The molecule has 30 heavy (non-hydrogen) atoms.